The Balaban J connectivity index is 2.12. The monoisotopic (exact) mass is 501 g/mol. The Labute approximate surface area is 212 Å². The van der Waals surface area contributed by atoms with E-state index in [1.165, 1.54) is 0 Å². The van der Waals surface area contributed by atoms with Crippen LogP contribution in [0.15, 0.2) is 59.4 Å². The number of fused-ring (bicyclic) bond motifs is 1. The number of hydrogen-bond acceptors (Lipinski definition) is 6. The minimum Gasteiger partial charge on any atom is -0.476 e. The van der Waals surface area contributed by atoms with Crippen molar-refractivity contribution in [3.8, 4) is 5.75 Å². The van der Waals surface area contributed by atoms with Crippen molar-refractivity contribution in [1.82, 2.24) is 4.72 Å². The summed E-state index contributed by atoms with van der Waals surface area (Å²) >= 11 is 1.57. The number of carboxylic acids is 1. The highest BCUT2D eigenvalue weighted by Gasteiger charge is 2.36. The summed E-state index contributed by atoms with van der Waals surface area (Å²) in [6.45, 7) is 5.26. The van der Waals surface area contributed by atoms with Gasteiger partial charge in [-0.2, -0.15) is 4.39 Å². The minimum atomic E-state index is -1.66. The molecule has 1 heterocycles. The number of unbranched alkanes of at least 4 members (excludes halogenated alkanes) is 2. The normalized spacial score (nSPS) is 15.3. The minimum absolute atomic E-state index is 0.0832. The molecule has 3 rings (SSSR count). The van der Waals surface area contributed by atoms with Gasteiger partial charge in [0, 0.05) is 31.9 Å². The lowest BCUT2D eigenvalue weighted by Gasteiger charge is -2.38. The highest BCUT2D eigenvalue weighted by Crippen LogP contribution is 2.46. The van der Waals surface area contributed by atoms with Crippen LogP contribution in [0.3, 0.4) is 0 Å². The van der Waals surface area contributed by atoms with Gasteiger partial charge in [-0.3, -0.25) is 4.72 Å². The summed E-state index contributed by atoms with van der Waals surface area (Å²) in [5.41, 5.74) is 2.78. The number of nitrogens with zero attached hydrogens (tertiary/aromatic N) is 2. The van der Waals surface area contributed by atoms with Crippen molar-refractivity contribution in [2.45, 2.75) is 62.8 Å². The highest BCUT2D eigenvalue weighted by atomic mass is 32.2. The first-order valence-electron chi connectivity index (χ1n) is 12.2. The zero-order valence-electron chi connectivity index (χ0n) is 21.0. The standard InChI is InChI=1S/C27H36FN3O3S/c1-5-7-14-27(15-8-6-2)19-31(20-12-10-9-11-13-20)23-16-22(30(3)4)24(17-25(23)35-29-27)34-18-21(28)26(32)33/h9-13,16-18,29H,5-8,14-15,19H2,1-4H3,(H,32,33)/b21-18-. The molecule has 0 spiro atoms. The summed E-state index contributed by atoms with van der Waals surface area (Å²) in [6, 6.07) is 14.2. The van der Waals surface area contributed by atoms with Crippen LogP contribution in [0.5, 0.6) is 5.75 Å². The zero-order chi connectivity index (χ0) is 25.4. The maximum absolute atomic E-state index is 13.7. The number of para-hydroxylation sites is 1. The van der Waals surface area contributed by atoms with E-state index in [1.54, 1.807) is 11.9 Å². The van der Waals surface area contributed by atoms with Crippen molar-refractivity contribution in [1.29, 1.82) is 0 Å². The molecule has 6 nitrogen and oxygen atoms in total. The number of benzene rings is 2. The molecule has 190 valence electrons. The van der Waals surface area contributed by atoms with Crippen LogP contribution < -0.4 is 19.3 Å². The second-order valence-electron chi connectivity index (χ2n) is 9.18. The SMILES string of the molecule is CCCCC1(CCCC)CN(c2ccccc2)c2cc(N(C)C)c(O/C=C(\F)C(=O)O)cc2SN1. The van der Waals surface area contributed by atoms with E-state index in [0.717, 1.165) is 67.0 Å². The molecule has 35 heavy (non-hydrogen) atoms. The van der Waals surface area contributed by atoms with Crippen molar-refractivity contribution < 1.29 is 19.0 Å². The van der Waals surface area contributed by atoms with Gasteiger partial charge in [0.1, 0.15) is 6.26 Å². The first kappa shape index (κ1) is 26.9. The van der Waals surface area contributed by atoms with Crippen LogP contribution in [-0.4, -0.2) is 37.3 Å². The van der Waals surface area contributed by atoms with E-state index in [9.17, 15) is 9.18 Å². The van der Waals surface area contributed by atoms with Crippen molar-refractivity contribution in [3.05, 3.63) is 54.6 Å². The molecule has 0 unspecified atom stereocenters. The van der Waals surface area contributed by atoms with Crippen molar-refractivity contribution in [2.24, 2.45) is 0 Å². The number of carbonyl (C=O) groups is 1. The molecule has 8 heteroatoms. The molecule has 0 atom stereocenters. The van der Waals surface area contributed by atoms with E-state index < -0.39 is 11.8 Å². The largest absolute Gasteiger partial charge is 0.476 e. The zero-order valence-corrected chi connectivity index (χ0v) is 21.8. The molecular weight excluding hydrogens is 465 g/mol. The number of halogens is 1. The summed E-state index contributed by atoms with van der Waals surface area (Å²) in [7, 11) is 3.77. The topological polar surface area (TPSA) is 65.0 Å². The van der Waals surface area contributed by atoms with Crippen LogP contribution in [0.2, 0.25) is 0 Å². The van der Waals surface area contributed by atoms with Gasteiger partial charge in [-0.1, -0.05) is 57.7 Å². The van der Waals surface area contributed by atoms with Gasteiger partial charge in [-0.05, 0) is 49.1 Å². The molecule has 2 N–H and O–H groups in total. The first-order chi connectivity index (χ1) is 16.8. The molecule has 0 fully saturated rings. The molecule has 1 aliphatic rings. The summed E-state index contributed by atoms with van der Waals surface area (Å²) in [5, 5.41) is 8.87. The maximum Gasteiger partial charge on any atom is 0.368 e. The Morgan fingerprint density at radius 3 is 2.43 bits per heavy atom. The molecule has 2 aromatic carbocycles. The fraction of sp³-hybridized carbons (Fsp3) is 0.444. The van der Waals surface area contributed by atoms with Crippen LogP contribution in [-0.2, 0) is 4.79 Å². The van der Waals surface area contributed by atoms with Gasteiger partial charge in [-0.15, -0.1) is 0 Å². The van der Waals surface area contributed by atoms with Gasteiger partial charge in [0.25, 0.3) is 0 Å². The highest BCUT2D eigenvalue weighted by molar-refractivity contribution is 7.97. The summed E-state index contributed by atoms with van der Waals surface area (Å²) < 4.78 is 23.0. The number of carboxylic acid groups (broad SMARTS) is 1. The lowest BCUT2D eigenvalue weighted by molar-refractivity contribution is -0.134. The van der Waals surface area contributed by atoms with E-state index in [1.807, 2.05) is 49.3 Å². The third-order valence-electron chi connectivity index (χ3n) is 6.23. The first-order valence-corrected chi connectivity index (χ1v) is 13.0. The lowest BCUT2D eigenvalue weighted by atomic mass is 9.87. The van der Waals surface area contributed by atoms with E-state index in [-0.39, 0.29) is 5.54 Å². The van der Waals surface area contributed by atoms with Crippen molar-refractivity contribution in [2.75, 3.05) is 30.4 Å². The van der Waals surface area contributed by atoms with Gasteiger partial charge in [-0.25, -0.2) is 4.79 Å². The Kier molecular flexibility index (Phi) is 9.46. The van der Waals surface area contributed by atoms with Crippen LogP contribution in [0.25, 0.3) is 0 Å². The van der Waals surface area contributed by atoms with Gasteiger partial charge in [0.2, 0.25) is 5.83 Å². The molecule has 2 aromatic rings. The second-order valence-corrected chi connectivity index (χ2v) is 10.0. The number of hydrogen-bond donors (Lipinski definition) is 2. The molecule has 0 bridgehead atoms. The number of rotatable bonds is 11. The van der Waals surface area contributed by atoms with Crippen LogP contribution in [0.4, 0.5) is 21.5 Å². The van der Waals surface area contributed by atoms with Crippen LogP contribution >= 0.6 is 11.9 Å². The summed E-state index contributed by atoms with van der Waals surface area (Å²) in [4.78, 5) is 16.1. The molecule has 0 aliphatic carbocycles. The summed E-state index contributed by atoms with van der Waals surface area (Å²) in [6.07, 6.45) is 7.29. The smallest absolute Gasteiger partial charge is 0.368 e. The van der Waals surface area contributed by atoms with Crippen LogP contribution in [0, 0.1) is 0 Å². The molecule has 0 saturated carbocycles. The maximum atomic E-state index is 13.7. The molecular formula is C27H36FN3O3S. The Hall–Kier alpha value is -2.71. The molecule has 1 aliphatic heterocycles. The summed E-state index contributed by atoms with van der Waals surface area (Å²) in [5.74, 6) is -2.62. The number of anilines is 3. The van der Waals surface area contributed by atoms with Gasteiger partial charge < -0.3 is 19.6 Å². The Morgan fingerprint density at radius 1 is 1.20 bits per heavy atom. The number of aliphatic carboxylic acids is 1. The predicted molar refractivity (Wildman–Crippen MR) is 142 cm³/mol. The van der Waals surface area contributed by atoms with Gasteiger partial charge in [0.05, 0.1) is 16.3 Å². The second kappa shape index (κ2) is 12.3. The van der Waals surface area contributed by atoms with E-state index in [0.29, 0.717) is 12.0 Å². The van der Waals surface area contributed by atoms with Crippen LogP contribution in [0.1, 0.15) is 52.4 Å². The van der Waals surface area contributed by atoms with E-state index in [4.69, 9.17) is 9.84 Å². The fourth-order valence-corrected chi connectivity index (χ4v) is 5.31. The van der Waals surface area contributed by atoms with Crippen molar-refractivity contribution >= 4 is 35.0 Å². The van der Waals surface area contributed by atoms with Gasteiger partial charge in [0.15, 0.2) is 5.75 Å². The average molecular weight is 502 g/mol. The molecule has 0 aromatic heterocycles. The molecule has 0 radical (unpaired) electrons. The fourth-order valence-electron chi connectivity index (χ4n) is 4.28. The Morgan fingerprint density at radius 2 is 1.86 bits per heavy atom. The Bertz CT molecular complexity index is 1020. The van der Waals surface area contributed by atoms with Crippen molar-refractivity contribution in [3.63, 3.8) is 0 Å². The third kappa shape index (κ3) is 6.70. The predicted octanol–water partition coefficient (Wildman–Crippen LogP) is 6.89. The van der Waals surface area contributed by atoms with Gasteiger partial charge >= 0.3 is 5.97 Å². The molecule has 0 amide bonds. The number of nitrogens with one attached hydrogen (secondary N) is 1. The lowest BCUT2D eigenvalue weighted by Crippen LogP contribution is -2.49. The van der Waals surface area contributed by atoms with E-state index >= 15 is 0 Å². The average Bonchev–Trinajstić information content (AvgIpc) is 3.01. The quantitative estimate of drug-likeness (QED) is 0.197. The molecule has 0 saturated heterocycles. The third-order valence-corrected chi connectivity index (χ3v) is 7.31. The van der Waals surface area contributed by atoms with E-state index in [2.05, 4.69) is 35.6 Å². The number of ether oxygens (including phenoxy) is 1.